The summed E-state index contributed by atoms with van der Waals surface area (Å²) >= 11 is 1.42. The topological polar surface area (TPSA) is 76.3 Å². The minimum atomic E-state index is -3.51. The summed E-state index contributed by atoms with van der Waals surface area (Å²) in [5.74, 6) is 0. The summed E-state index contributed by atoms with van der Waals surface area (Å²) in [6.45, 7) is 2.40. The van der Waals surface area contributed by atoms with E-state index < -0.39 is 10.0 Å². The molecule has 0 radical (unpaired) electrons. The van der Waals surface area contributed by atoms with Gasteiger partial charge in [0.1, 0.15) is 0 Å². The number of pyridine rings is 1. The summed E-state index contributed by atoms with van der Waals surface area (Å²) in [4.78, 5) is 6.11. The number of thiophene rings is 1. The van der Waals surface area contributed by atoms with Crippen molar-refractivity contribution in [1.82, 2.24) is 9.29 Å². The van der Waals surface area contributed by atoms with Crippen LogP contribution in [0.4, 0.5) is 0 Å². The van der Waals surface area contributed by atoms with Crippen molar-refractivity contribution < 1.29 is 8.42 Å². The molecule has 0 amide bonds. The van der Waals surface area contributed by atoms with Crippen LogP contribution in [0.3, 0.4) is 0 Å². The summed E-state index contributed by atoms with van der Waals surface area (Å²) in [7, 11) is -1.95. The first kappa shape index (κ1) is 15.1. The lowest BCUT2D eigenvalue weighted by Crippen LogP contribution is -2.27. The van der Waals surface area contributed by atoms with Crippen molar-refractivity contribution in [2.75, 3.05) is 7.05 Å². The summed E-state index contributed by atoms with van der Waals surface area (Å²) in [5, 5.41) is 0. The number of hydrogen-bond donors (Lipinski definition) is 1. The largest absolute Gasteiger partial charge is 0.326 e. The fourth-order valence-electron chi connectivity index (χ4n) is 1.85. The van der Waals surface area contributed by atoms with Gasteiger partial charge in [-0.25, -0.2) is 8.42 Å². The fraction of sp³-hybridized carbons (Fsp3) is 0.308. The second kappa shape index (κ2) is 6.01. The number of nitrogens with zero attached hydrogens (tertiary/aromatic N) is 2. The van der Waals surface area contributed by atoms with Crippen molar-refractivity contribution in [3.63, 3.8) is 0 Å². The van der Waals surface area contributed by atoms with Crippen LogP contribution in [-0.4, -0.2) is 24.8 Å². The maximum Gasteiger partial charge on any atom is 0.244 e. The van der Waals surface area contributed by atoms with Crippen LogP contribution < -0.4 is 5.73 Å². The van der Waals surface area contributed by atoms with Crippen LogP contribution in [0.25, 0.3) is 0 Å². The summed E-state index contributed by atoms with van der Waals surface area (Å²) in [6, 6.07) is 7.10. The van der Waals surface area contributed by atoms with Crippen molar-refractivity contribution in [3.8, 4) is 0 Å². The van der Waals surface area contributed by atoms with Crippen molar-refractivity contribution in [2.24, 2.45) is 5.73 Å². The van der Waals surface area contributed by atoms with Crippen LogP contribution in [-0.2, 0) is 23.1 Å². The lowest BCUT2D eigenvalue weighted by Gasteiger charge is -2.16. The molecular weight excluding hydrogens is 294 g/mol. The van der Waals surface area contributed by atoms with Gasteiger partial charge >= 0.3 is 0 Å². The Morgan fingerprint density at radius 1 is 1.40 bits per heavy atom. The van der Waals surface area contributed by atoms with E-state index >= 15 is 0 Å². The molecule has 0 saturated heterocycles. The third-order valence-corrected chi connectivity index (χ3v) is 6.06. The van der Waals surface area contributed by atoms with Crippen molar-refractivity contribution >= 4 is 21.4 Å². The van der Waals surface area contributed by atoms with Gasteiger partial charge in [-0.1, -0.05) is 6.07 Å². The maximum atomic E-state index is 12.6. The van der Waals surface area contributed by atoms with Crippen LogP contribution >= 0.6 is 11.3 Å². The van der Waals surface area contributed by atoms with Crippen molar-refractivity contribution in [2.45, 2.75) is 24.9 Å². The first-order chi connectivity index (χ1) is 9.45. The number of hydrogen-bond acceptors (Lipinski definition) is 5. The lowest BCUT2D eigenvalue weighted by atomic mass is 10.3. The van der Waals surface area contributed by atoms with Crippen LogP contribution in [0.2, 0.25) is 0 Å². The normalized spacial score (nSPS) is 12.0. The van der Waals surface area contributed by atoms with E-state index in [2.05, 4.69) is 4.98 Å². The molecule has 0 aliphatic carbocycles. The van der Waals surface area contributed by atoms with E-state index in [0.717, 1.165) is 9.75 Å². The standard InChI is InChI=1S/C13H17N3O2S2/c1-10-13(7-12(8-14)19-10)20(17,18)16(2)9-11-5-3-4-6-15-11/h3-7H,8-9,14H2,1-2H3. The van der Waals surface area contributed by atoms with Gasteiger partial charge < -0.3 is 5.73 Å². The first-order valence-electron chi connectivity index (χ1n) is 6.10. The smallest absolute Gasteiger partial charge is 0.244 e. The fourth-order valence-corrected chi connectivity index (χ4v) is 4.47. The van der Waals surface area contributed by atoms with Crippen LogP contribution in [0.5, 0.6) is 0 Å². The van der Waals surface area contributed by atoms with Gasteiger partial charge in [0.25, 0.3) is 0 Å². The Kier molecular flexibility index (Phi) is 4.54. The minimum absolute atomic E-state index is 0.246. The molecule has 2 heterocycles. The average molecular weight is 311 g/mol. The molecule has 2 aromatic rings. The number of aryl methyl sites for hydroxylation is 1. The number of rotatable bonds is 5. The molecule has 7 heteroatoms. The second-order valence-corrected chi connectivity index (χ2v) is 7.77. The molecule has 2 aromatic heterocycles. The van der Waals surface area contributed by atoms with E-state index in [0.29, 0.717) is 17.1 Å². The number of nitrogens with two attached hydrogens (primary N) is 1. The van der Waals surface area contributed by atoms with Gasteiger partial charge in [-0.3, -0.25) is 4.98 Å². The molecule has 0 unspecified atom stereocenters. The Balaban J connectivity index is 2.27. The molecular formula is C13H17N3O2S2. The predicted octanol–water partition coefficient (Wildman–Crippen LogP) is 1.73. The second-order valence-electron chi connectivity index (χ2n) is 4.42. The predicted molar refractivity (Wildman–Crippen MR) is 79.8 cm³/mol. The first-order valence-corrected chi connectivity index (χ1v) is 8.36. The Labute approximate surface area is 123 Å². The van der Waals surface area contributed by atoms with E-state index in [4.69, 9.17) is 5.73 Å². The number of sulfonamides is 1. The SMILES string of the molecule is Cc1sc(CN)cc1S(=O)(=O)N(C)Cc1ccccn1. The van der Waals surface area contributed by atoms with Gasteiger partial charge in [0.15, 0.2) is 0 Å². The zero-order chi connectivity index (χ0) is 14.8. The maximum absolute atomic E-state index is 12.6. The lowest BCUT2D eigenvalue weighted by molar-refractivity contribution is 0.462. The molecule has 0 bridgehead atoms. The molecule has 0 saturated carbocycles. The number of aromatic nitrogens is 1. The van der Waals surface area contributed by atoms with Crippen molar-refractivity contribution in [1.29, 1.82) is 0 Å². The Bertz CT molecular complexity index is 681. The van der Waals surface area contributed by atoms with E-state index in [1.165, 1.54) is 15.6 Å². The highest BCUT2D eigenvalue weighted by atomic mass is 32.2. The quantitative estimate of drug-likeness (QED) is 0.912. The Morgan fingerprint density at radius 3 is 2.70 bits per heavy atom. The summed E-state index contributed by atoms with van der Waals surface area (Å²) in [5.41, 5.74) is 6.28. The molecule has 5 nitrogen and oxygen atoms in total. The minimum Gasteiger partial charge on any atom is -0.326 e. The third-order valence-electron chi connectivity index (χ3n) is 2.92. The highest BCUT2D eigenvalue weighted by Gasteiger charge is 2.25. The molecule has 108 valence electrons. The molecule has 2 N–H and O–H groups in total. The highest BCUT2D eigenvalue weighted by molar-refractivity contribution is 7.89. The van der Waals surface area contributed by atoms with E-state index in [1.54, 1.807) is 38.4 Å². The van der Waals surface area contributed by atoms with Gasteiger partial charge in [-0.15, -0.1) is 11.3 Å². The molecule has 0 aromatic carbocycles. The van der Waals surface area contributed by atoms with Crippen LogP contribution in [0, 0.1) is 6.92 Å². The van der Waals surface area contributed by atoms with E-state index in [9.17, 15) is 8.42 Å². The zero-order valence-corrected chi connectivity index (χ0v) is 13.0. The molecule has 20 heavy (non-hydrogen) atoms. The third kappa shape index (κ3) is 3.06. The average Bonchev–Trinajstić information content (AvgIpc) is 2.82. The zero-order valence-electron chi connectivity index (χ0n) is 11.4. The molecule has 0 fully saturated rings. The van der Waals surface area contributed by atoms with Gasteiger partial charge in [-0.05, 0) is 25.1 Å². The van der Waals surface area contributed by atoms with E-state index in [-0.39, 0.29) is 6.54 Å². The Hall–Kier alpha value is -1.28. The molecule has 0 spiro atoms. The van der Waals surface area contributed by atoms with Gasteiger partial charge in [-0.2, -0.15) is 4.31 Å². The molecule has 0 atom stereocenters. The van der Waals surface area contributed by atoms with E-state index in [1.807, 2.05) is 6.07 Å². The highest BCUT2D eigenvalue weighted by Crippen LogP contribution is 2.27. The van der Waals surface area contributed by atoms with Crippen molar-refractivity contribution in [3.05, 3.63) is 45.9 Å². The molecule has 0 aliphatic rings. The molecule has 2 rings (SSSR count). The van der Waals surface area contributed by atoms with Crippen LogP contribution in [0.15, 0.2) is 35.4 Å². The van der Waals surface area contributed by atoms with Gasteiger partial charge in [0, 0.05) is 29.5 Å². The Morgan fingerprint density at radius 2 is 2.15 bits per heavy atom. The van der Waals surface area contributed by atoms with Gasteiger partial charge in [0.2, 0.25) is 10.0 Å². The van der Waals surface area contributed by atoms with Gasteiger partial charge in [0.05, 0.1) is 17.1 Å². The summed E-state index contributed by atoms with van der Waals surface area (Å²) in [6.07, 6.45) is 1.65. The molecule has 0 aliphatic heterocycles. The monoisotopic (exact) mass is 311 g/mol. The van der Waals surface area contributed by atoms with Crippen LogP contribution in [0.1, 0.15) is 15.4 Å². The summed E-state index contributed by atoms with van der Waals surface area (Å²) < 4.78 is 26.4.